The lowest BCUT2D eigenvalue weighted by Crippen LogP contribution is -2.49. The lowest BCUT2D eigenvalue weighted by Gasteiger charge is -2.50. The average molecular weight is 750 g/mol. The number of aromatic amines is 1. The van der Waals surface area contributed by atoms with Crippen LogP contribution in [0.25, 0.3) is 21.9 Å². The first-order chi connectivity index (χ1) is 25.2. The predicted molar refractivity (Wildman–Crippen MR) is 205 cm³/mol. The number of nitrogens with zero attached hydrogens (tertiary/aromatic N) is 4. The lowest BCUT2D eigenvalue weighted by molar-refractivity contribution is -0.291. The van der Waals surface area contributed by atoms with Gasteiger partial charge in [0, 0.05) is 17.4 Å². The van der Waals surface area contributed by atoms with Gasteiger partial charge in [-0.15, -0.1) is 0 Å². The summed E-state index contributed by atoms with van der Waals surface area (Å²) in [6.07, 6.45) is 0.359. The Bertz CT molecular complexity index is 1790. The molecule has 1 N–H and O–H groups in total. The molecule has 0 spiro atoms. The first-order valence-electron chi connectivity index (χ1n) is 18.9. The maximum absolute atomic E-state index is 14.6. The molecular formula is C41H59N5O8. The average Bonchev–Trinajstić information content (AvgIpc) is 3.63. The van der Waals surface area contributed by atoms with Gasteiger partial charge in [0.05, 0.1) is 32.9 Å². The molecule has 1 aliphatic rings. The zero-order valence-corrected chi connectivity index (χ0v) is 34.1. The highest BCUT2D eigenvalue weighted by Crippen LogP contribution is 2.50. The number of H-pyrrole nitrogens is 1. The Morgan fingerprint density at radius 3 is 2.07 bits per heavy atom. The summed E-state index contributed by atoms with van der Waals surface area (Å²) >= 11 is 0. The molecule has 0 bridgehead atoms. The molecule has 0 radical (unpaired) electrons. The number of carbonyl (C=O) groups is 3. The number of ether oxygens (including phenoxy) is 3. The number of aromatic nitrogens is 3. The fourth-order valence-corrected chi connectivity index (χ4v) is 7.20. The van der Waals surface area contributed by atoms with Gasteiger partial charge in [-0.1, -0.05) is 93.5 Å². The van der Waals surface area contributed by atoms with Gasteiger partial charge in [-0.2, -0.15) is 0 Å². The van der Waals surface area contributed by atoms with Crippen molar-refractivity contribution < 1.29 is 38.4 Å². The van der Waals surface area contributed by atoms with Crippen molar-refractivity contribution in [2.75, 3.05) is 32.9 Å². The molecule has 4 rings (SSSR count). The monoisotopic (exact) mass is 749 g/mol. The molecule has 13 nitrogen and oxygen atoms in total. The van der Waals surface area contributed by atoms with Crippen molar-refractivity contribution in [3.05, 3.63) is 46.8 Å². The largest absolute Gasteiger partial charge is 0.465 e. The summed E-state index contributed by atoms with van der Waals surface area (Å²) in [5, 5.41) is 3.15. The van der Waals surface area contributed by atoms with Crippen LogP contribution in [-0.4, -0.2) is 76.5 Å². The Morgan fingerprint density at radius 1 is 0.944 bits per heavy atom. The Morgan fingerprint density at radius 2 is 1.56 bits per heavy atom. The summed E-state index contributed by atoms with van der Waals surface area (Å²) in [5.41, 5.74) is 1.13. The van der Waals surface area contributed by atoms with Crippen LogP contribution in [0, 0.1) is 35.2 Å². The first-order valence-corrected chi connectivity index (χ1v) is 18.9. The van der Waals surface area contributed by atoms with Crippen LogP contribution in [0.3, 0.4) is 0 Å². The normalized spacial score (nSPS) is 19.3. The molecule has 13 heteroatoms. The van der Waals surface area contributed by atoms with Gasteiger partial charge in [0.25, 0.3) is 5.69 Å². The molecule has 2 heterocycles. The van der Waals surface area contributed by atoms with Gasteiger partial charge in [-0.05, 0) is 54.4 Å². The van der Waals surface area contributed by atoms with Crippen molar-refractivity contribution in [2.24, 2.45) is 28.6 Å². The molecule has 1 aliphatic carbocycles. The van der Waals surface area contributed by atoms with Gasteiger partial charge in [-0.3, -0.25) is 14.8 Å². The number of esters is 2. The number of hydrogen-bond donors (Lipinski definition) is 1. The van der Waals surface area contributed by atoms with E-state index >= 15 is 0 Å². The number of carbonyl (C=O) groups excluding carboxylic acids is 3. The number of amides is 1. The third kappa shape index (κ3) is 9.82. The highest BCUT2D eigenvalue weighted by Gasteiger charge is 2.48. The van der Waals surface area contributed by atoms with Crippen LogP contribution >= 0.6 is 0 Å². The van der Waals surface area contributed by atoms with E-state index in [-0.39, 0.29) is 77.2 Å². The van der Waals surface area contributed by atoms with Crippen molar-refractivity contribution in [3.63, 3.8) is 0 Å². The fourth-order valence-electron chi connectivity index (χ4n) is 7.20. The molecule has 1 saturated carbocycles. The Balaban J connectivity index is 1.85. The van der Waals surface area contributed by atoms with Crippen LogP contribution in [0.2, 0.25) is 0 Å². The second kappa shape index (κ2) is 16.9. The van der Waals surface area contributed by atoms with Gasteiger partial charge in [0.15, 0.2) is 11.5 Å². The molecule has 2 unspecified atom stereocenters. The molecule has 0 aliphatic heterocycles. The summed E-state index contributed by atoms with van der Waals surface area (Å²) < 4.78 is 18.9. The summed E-state index contributed by atoms with van der Waals surface area (Å²) in [6, 6.07) is 7.86. The molecule has 1 fully saturated rings. The number of benzene rings is 1. The highest BCUT2D eigenvalue weighted by atomic mass is 17.2. The Kier molecular flexibility index (Phi) is 13.3. The van der Waals surface area contributed by atoms with Crippen LogP contribution in [0.5, 0.6) is 5.88 Å². The zero-order valence-electron chi connectivity index (χ0n) is 34.1. The summed E-state index contributed by atoms with van der Waals surface area (Å²) in [5.74, 6) is -0.729. The minimum atomic E-state index is -0.972. The van der Waals surface area contributed by atoms with Crippen molar-refractivity contribution in [2.45, 2.75) is 107 Å². The van der Waals surface area contributed by atoms with E-state index in [1.165, 1.54) is 4.52 Å². The molecule has 2 atom stereocenters. The standard InChI is InChI=1S/C41H59N5O8/c1-14-50-30(47)24-45(20-21-52-51-15-2)38(49)54-36-32(42-13)31(35-43-34(44-46(35)36)26-16-18-27(19-17-26)39(4,5)6)37(48)53-33-28(40(7,8)9)22-25(3)23-29(33)41(10,11)12/h16-19,25,28-29,33H,14-15,20-24H2,1-12H3,(H,43,44). The van der Waals surface area contributed by atoms with Crippen LogP contribution in [0.1, 0.15) is 112 Å². The van der Waals surface area contributed by atoms with Crippen LogP contribution in [0.15, 0.2) is 24.3 Å². The molecule has 54 heavy (non-hydrogen) atoms. The second-order valence-corrected chi connectivity index (χ2v) is 17.4. The van der Waals surface area contributed by atoms with Crippen molar-refractivity contribution in [1.29, 1.82) is 0 Å². The third-order valence-electron chi connectivity index (χ3n) is 10.1. The fraction of sp³-hybridized carbons (Fsp3) is 0.634. The third-order valence-corrected chi connectivity index (χ3v) is 10.1. The zero-order chi connectivity index (χ0) is 40.2. The number of fused-ring (bicyclic) bond motifs is 1. The Hall–Kier alpha value is -4.41. The molecule has 3 aromatic rings. The van der Waals surface area contributed by atoms with E-state index in [1.54, 1.807) is 13.8 Å². The van der Waals surface area contributed by atoms with Gasteiger partial charge in [0.1, 0.15) is 18.2 Å². The molecule has 2 aromatic heterocycles. The van der Waals surface area contributed by atoms with E-state index in [0.717, 1.165) is 23.3 Å². The van der Waals surface area contributed by atoms with E-state index in [1.807, 2.05) is 24.3 Å². The molecular weight excluding hydrogens is 690 g/mol. The van der Waals surface area contributed by atoms with E-state index in [2.05, 4.69) is 79.2 Å². The van der Waals surface area contributed by atoms with Crippen molar-refractivity contribution >= 4 is 29.4 Å². The summed E-state index contributed by atoms with van der Waals surface area (Å²) in [4.78, 5) is 60.6. The highest BCUT2D eigenvalue weighted by molar-refractivity contribution is 6.05. The predicted octanol–water partition coefficient (Wildman–Crippen LogP) is 8.79. The lowest BCUT2D eigenvalue weighted by atomic mass is 9.59. The van der Waals surface area contributed by atoms with E-state index in [4.69, 9.17) is 35.5 Å². The van der Waals surface area contributed by atoms with Gasteiger partial charge < -0.3 is 14.2 Å². The van der Waals surface area contributed by atoms with Crippen LogP contribution in [-0.2, 0) is 29.5 Å². The number of rotatable bonds is 12. The van der Waals surface area contributed by atoms with Crippen LogP contribution < -0.4 is 4.74 Å². The SMILES string of the molecule is [C-]#[N+]c1c(C(=O)OC2C(C(C)(C)C)CC(C)CC2C(C)(C)C)c2nc(-c3ccc(C(C)(C)C)cc3)[nH]n2c1OC(=O)N(CCOOCC)CC(=O)OCC. The van der Waals surface area contributed by atoms with E-state index in [0.29, 0.717) is 17.3 Å². The van der Waals surface area contributed by atoms with E-state index in [9.17, 15) is 14.4 Å². The molecule has 0 saturated heterocycles. The van der Waals surface area contributed by atoms with E-state index < -0.39 is 30.7 Å². The maximum Gasteiger partial charge on any atom is 0.416 e. The summed E-state index contributed by atoms with van der Waals surface area (Å²) in [7, 11) is 0. The van der Waals surface area contributed by atoms with Crippen molar-refractivity contribution in [1.82, 2.24) is 19.5 Å². The van der Waals surface area contributed by atoms with Crippen molar-refractivity contribution in [3.8, 4) is 17.3 Å². The number of nitrogens with one attached hydrogen (secondary N) is 1. The molecule has 296 valence electrons. The first kappa shape index (κ1) is 42.3. The van der Waals surface area contributed by atoms with Gasteiger partial charge >= 0.3 is 18.0 Å². The minimum Gasteiger partial charge on any atom is -0.465 e. The Labute approximate surface area is 319 Å². The summed E-state index contributed by atoms with van der Waals surface area (Å²) in [6.45, 7) is 33.1. The van der Waals surface area contributed by atoms with Gasteiger partial charge in [-0.25, -0.2) is 33.7 Å². The molecule has 1 amide bonds. The van der Waals surface area contributed by atoms with Crippen LogP contribution in [0.4, 0.5) is 10.5 Å². The smallest absolute Gasteiger partial charge is 0.416 e. The molecule has 1 aromatic carbocycles. The quantitative estimate of drug-likeness (QED) is 0.0633. The number of hydrogen-bond acceptors (Lipinski definition) is 9. The van der Waals surface area contributed by atoms with Gasteiger partial charge in [0.2, 0.25) is 5.88 Å². The minimum absolute atomic E-state index is 0.0487. The maximum atomic E-state index is 14.6. The topological polar surface area (TPSA) is 138 Å². The second-order valence-electron chi connectivity index (χ2n) is 17.4.